The van der Waals surface area contributed by atoms with Crippen LogP contribution in [0, 0.1) is 12.8 Å². The maximum Gasteiger partial charge on any atom is 0.254 e. The number of fused-ring (bicyclic) bond motifs is 1. The van der Waals surface area contributed by atoms with Gasteiger partial charge in [0.25, 0.3) is 5.91 Å². The lowest BCUT2D eigenvalue weighted by Crippen LogP contribution is -2.39. The zero-order valence-corrected chi connectivity index (χ0v) is 17.5. The van der Waals surface area contributed by atoms with Crippen LogP contribution in [0.1, 0.15) is 67.1 Å². The molecule has 1 aromatic carbocycles. The predicted octanol–water partition coefficient (Wildman–Crippen LogP) is 4.02. The van der Waals surface area contributed by atoms with Crippen molar-refractivity contribution in [3.8, 4) is 0 Å². The Labute approximate surface area is 172 Å². The van der Waals surface area contributed by atoms with Gasteiger partial charge in [-0.05, 0) is 75.1 Å². The van der Waals surface area contributed by atoms with Gasteiger partial charge in [0.15, 0.2) is 0 Å². The summed E-state index contributed by atoms with van der Waals surface area (Å²) in [7, 11) is 0. The number of nitrogens with zero attached hydrogens (tertiary/aromatic N) is 2. The second-order valence-electron chi connectivity index (χ2n) is 8.63. The van der Waals surface area contributed by atoms with Crippen LogP contribution in [-0.4, -0.2) is 40.8 Å². The summed E-state index contributed by atoms with van der Waals surface area (Å²) in [6.07, 6.45) is 6.71. The molecule has 1 N–H and O–H groups in total. The van der Waals surface area contributed by atoms with Crippen molar-refractivity contribution >= 4 is 22.7 Å². The summed E-state index contributed by atoms with van der Waals surface area (Å²) >= 11 is 0. The smallest absolute Gasteiger partial charge is 0.254 e. The molecule has 1 aliphatic carbocycles. The summed E-state index contributed by atoms with van der Waals surface area (Å²) in [5.74, 6) is 0.835. The molecule has 0 unspecified atom stereocenters. The lowest BCUT2D eigenvalue weighted by atomic mass is 9.91. The quantitative estimate of drug-likeness (QED) is 0.806. The zero-order chi connectivity index (χ0) is 20.4. The summed E-state index contributed by atoms with van der Waals surface area (Å²) in [4.78, 5) is 31.8. The minimum atomic E-state index is 0.110. The van der Waals surface area contributed by atoms with E-state index in [0.29, 0.717) is 18.4 Å². The third-order valence-corrected chi connectivity index (χ3v) is 6.26. The Bertz CT molecular complexity index is 912. The van der Waals surface area contributed by atoms with Crippen molar-refractivity contribution < 1.29 is 9.59 Å². The molecule has 0 spiro atoms. The van der Waals surface area contributed by atoms with Crippen molar-refractivity contribution in [1.29, 1.82) is 0 Å². The van der Waals surface area contributed by atoms with Crippen molar-refractivity contribution in [3.63, 3.8) is 0 Å². The fourth-order valence-electron chi connectivity index (χ4n) is 4.26. The molecule has 4 rings (SSSR count). The highest BCUT2D eigenvalue weighted by Crippen LogP contribution is 2.27. The molecule has 1 aliphatic heterocycles. The van der Waals surface area contributed by atoms with Crippen molar-refractivity contribution in [3.05, 3.63) is 41.1 Å². The van der Waals surface area contributed by atoms with Crippen molar-refractivity contribution in [2.75, 3.05) is 13.1 Å². The maximum absolute atomic E-state index is 13.3. The normalized spacial score (nSPS) is 17.5. The van der Waals surface area contributed by atoms with Crippen LogP contribution in [0.4, 0.5) is 0 Å². The molecule has 0 bridgehead atoms. The summed E-state index contributed by atoms with van der Waals surface area (Å²) in [5.41, 5.74) is 3.76. The number of rotatable bonds is 6. The zero-order valence-electron chi connectivity index (χ0n) is 17.5. The molecule has 5 nitrogen and oxygen atoms in total. The molecule has 2 aromatic rings. The van der Waals surface area contributed by atoms with Crippen LogP contribution >= 0.6 is 0 Å². The predicted molar refractivity (Wildman–Crippen MR) is 115 cm³/mol. The molecular weight excluding hydrogens is 362 g/mol. The minimum absolute atomic E-state index is 0.110. The Kier molecular flexibility index (Phi) is 5.84. The molecule has 0 atom stereocenters. The van der Waals surface area contributed by atoms with E-state index in [0.717, 1.165) is 73.8 Å². The minimum Gasteiger partial charge on any atom is -0.353 e. The van der Waals surface area contributed by atoms with Crippen molar-refractivity contribution in [1.82, 2.24) is 15.2 Å². The van der Waals surface area contributed by atoms with Gasteiger partial charge in [-0.1, -0.05) is 13.0 Å². The van der Waals surface area contributed by atoms with Crippen LogP contribution in [-0.2, 0) is 11.2 Å². The highest BCUT2D eigenvalue weighted by Gasteiger charge is 2.27. The van der Waals surface area contributed by atoms with Gasteiger partial charge in [0, 0.05) is 36.6 Å². The van der Waals surface area contributed by atoms with E-state index in [-0.39, 0.29) is 11.8 Å². The van der Waals surface area contributed by atoms with Crippen LogP contribution in [0.5, 0.6) is 0 Å². The average molecular weight is 394 g/mol. The van der Waals surface area contributed by atoms with E-state index >= 15 is 0 Å². The number of pyridine rings is 1. The van der Waals surface area contributed by atoms with Gasteiger partial charge in [0.05, 0.1) is 11.1 Å². The van der Waals surface area contributed by atoms with Crippen molar-refractivity contribution in [2.24, 2.45) is 5.92 Å². The van der Waals surface area contributed by atoms with Gasteiger partial charge in [-0.15, -0.1) is 0 Å². The first-order chi connectivity index (χ1) is 14.0. The van der Waals surface area contributed by atoms with Crippen LogP contribution in [0.15, 0.2) is 24.3 Å². The van der Waals surface area contributed by atoms with Gasteiger partial charge < -0.3 is 10.2 Å². The summed E-state index contributed by atoms with van der Waals surface area (Å²) in [5, 5.41) is 4.02. The third-order valence-electron chi connectivity index (χ3n) is 6.26. The number of likely N-dealkylation sites (tertiary alicyclic amines) is 1. The van der Waals surface area contributed by atoms with E-state index in [1.807, 2.05) is 24.0 Å². The molecule has 0 radical (unpaired) electrons. The number of hydrogen-bond acceptors (Lipinski definition) is 3. The Balaban J connectivity index is 1.39. The fraction of sp³-hybridized carbons (Fsp3) is 0.542. The number of carbonyl (C=O) groups is 2. The number of piperidine rings is 1. The molecule has 2 fully saturated rings. The average Bonchev–Trinajstić information content (AvgIpc) is 3.55. The first-order valence-electron chi connectivity index (χ1n) is 11.0. The van der Waals surface area contributed by atoms with E-state index in [1.165, 1.54) is 5.56 Å². The fourth-order valence-corrected chi connectivity index (χ4v) is 4.26. The van der Waals surface area contributed by atoms with E-state index in [9.17, 15) is 9.59 Å². The van der Waals surface area contributed by atoms with Gasteiger partial charge in [0.2, 0.25) is 5.91 Å². The molecule has 1 saturated carbocycles. The molecule has 154 valence electrons. The molecule has 2 heterocycles. The van der Waals surface area contributed by atoms with Crippen LogP contribution < -0.4 is 5.32 Å². The lowest BCUT2D eigenvalue weighted by molar-refractivity contribution is -0.121. The van der Waals surface area contributed by atoms with Gasteiger partial charge in [-0.2, -0.15) is 0 Å². The van der Waals surface area contributed by atoms with Crippen molar-refractivity contribution in [2.45, 2.75) is 64.8 Å². The van der Waals surface area contributed by atoms with Crippen LogP contribution in [0.25, 0.3) is 10.9 Å². The van der Waals surface area contributed by atoms with E-state index in [1.54, 1.807) is 0 Å². The molecule has 2 amide bonds. The van der Waals surface area contributed by atoms with Gasteiger partial charge in [-0.25, -0.2) is 0 Å². The molecule has 5 heteroatoms. The molecule has 1 aromatic heterocycles. The molecular formula is C24H31N3O2. The second kappa shape index (κ2) is 8.52. The van der Waals surface area contributed by atoms with E-state index in [2.05, 4.69) is 29.4 Å². The lowest BCUT2D eigenvalue weighted by Gasteiger charge is -2.32. The maximum atomic E-state index is 13.3. The Morgan fingerprint density at radius 1 is 1.14 bits per heavy atom. The first-order valence-corrected chi connectivity index (χ1v) is 11.0. The number of carbonyl (C=O) groups excluding carboxylic acids is 2. The number of amides is 2. The van der Waals surface area contributed by atoms with Gasteiger partial charge in [-0.3, -0.25) is 14.6 Å². The second-order valence-corrected chi connectivity index (χ2v) is 8.63. The molecule has 29 heavy (non-hydrogen) atoms. The monoisotopic (exact) mass is 393 g/mol. The van der Waals surface area contributed by atoms with Crippen LogP contribution in [0.3, 0.4) is 0 Å². The molecule has 2 aliphatic rings. The number of nitrogens with one attached hydrogen (secondary N) is 1. The summed E-state index contributed by atoms with van der Waals surface area (Å²) in [6, 6.07) is 8.59. The first kappa shape index (κ1) is 19.9. The van der Waals surface area contributed by atoms with Crippen LogP contribution in [0.2, 0.25) is 0 Å². The SMILES string of the molecule is CCc1ccc2nc(C)cc(C(=O)N3CCC(CCC(=O)NC4CC4)CC3)c2c1. The summed E-state index contributed by atoms with van der Waals surface area (Å²) < 4.78 is 0. The highest BCUT2D eigenvalue weighted by atomic mass is 16.2. The largest absolute Gasteiger partial charge is 0.353 e. The van der Waals surface area contributed by atoms with E-state index in [4.69, 9.17) is 0 Å². The highest BCUT2D eigenvalue weighted by molar-refractivity contribution is 6.06. The number of benzene rings is 1. The Hall–Kier alpha value is -2.43. The Morgan fingerprint density at radius 3 is 2.59 bits per heavy atom. The third kappa shape index (κ3) is 4.77. The topological polar surface area (TPSA) is 62.3 Å². The number of aromatic nitrogens is 1. The van der Waals surface area contributed by atoms with Gasteiger partial charge >= 0.3 is 0 Å². The number of hydrogen-bond donors (Lipinski definition) is 1. The molecule has 1 saturated heterocycles. The van der Waals surface area contributed by atoms with E-state index < -0.39 is 0 Å². The standard InChI is InChI=1S/C24H31N3O2/c1-3-17-4-8-22-20(15-17)21(14-16(2)25-22)24(29)27-12-10-18(11-13-27)5-9-23(28)26-19-6-7-19/h4,8,14-15,18-19H,3,5-7,9-13H2,1-2H3,(H,26,28). The van der Waals surface area contributed by atoms with Gasteiger partial charge in [0.1, 0.15) is 0 Å². The summed E-state index contributed by atoms with van der Waals surface area (Å²) in [6.45, 7) is 5.61. The Morgan fingerprint density at radius 2 is 1.90 bits per heavy atom. The number of aryl methyl sites for hydroxylation is 2.